The molecule has 2 N–H and O–H groups in total. The maximum atomic E-state index is 5.85. The summed E-state index contributed by atoms with van der Waals surface area (Å²) in [6, 6.07) is 2.14. The van der Waals surface area contributed by atoms with E-state index in [2.05, 4.69) is 33.8 Å². The Hall–Kier alpha value is -0.690. The number of rotatable bonds is 0. The second kappa shape index (κ2) is 3.81. The molecular weight excluding hydrogens is 170 g/mol. The molecule has 0 aliphatic rings. The normalized spacial score (nSPS) is 9.33. The van der Waals surface area contributed by atoms with Crippen molar-refractivity contribution in [2.45, 2.75) is 27.7 Å². The molecule has 1 aromatic rings. The van der Waals surface area contributed by atoms with Crippen molar-refractivity contribution in [2.75, 3.05) is 5.73 Å². The lowest BCUT2D eigenvalue weighted by atomic mass is 9.99. The first-order valence-corrected chi connectivity index (χ1v) is 3.87. The van der Waals surface area contributed by atoms with E-state index in [9.17, 15) is 0 Å². The Balaban J connectivity index is 0.00000121. The average molecular weight is 186 g/mol. The fourth-order valence-corrected chi connectivity index (χ4v) is 1.30. The van der Waals surface area contributed by atoms with Crippen molar-refractivity contribution in [3.05, 3.63) is 28.3 Å². The van der Waals surface area contributed by atoms with E-state index >= 15 is 0 Å². The minimum Gasteiger partial charge on any atom is -0.398 e. The number of aryl methyl sites for hydroxylation is 2. The molecule has 1 aromatic carbocycles. The number of hydrogen-bond donors (Lipinski definition) is 1. The summed E-state index contributed by atoms with van der Waals surface area (Å²) in [5.74, 6) is 0. The van der Waals surface area contributed by atoms with Crippen LogP contribution in [0.5, 0.6) is 0 Å². The maximum Gasteiger partial charge on any atom is 0.0376 e. The van der Waals surface area contributed by atoms with Gasteiger partial charge < -0.3 is 5.73 Å². The smallest absolute Gasteiger partial charge is 0.0376 e. The van der Waals surface area contributed by atoms with Gasteiger partial charge in [-0.05, 0) is 49.9 Å². The Bertz CT molecular complexity index is 266. The summed E-state index contributed by atoms with van der Waals surface area (Å²) in [6.07, 6.45) is 0. The zero-order chi connectivity index (χ0) is 8.59. The van der Waals surface area contributed by atoms with Crippen molar-refractivity contribution in [3.63, 3.8) is 0 Å². The topological polar surface area (TPSA) is 26.0 Å². The molecule has 0 fully saturated rings. The van der Waals surface area contributed by atoms with Crippen molar-refractivity contribution < 1.29 is 0 Å². The number of halogens is 1. The highest BCUT2D eigenvalue weighted by molar-refractivity contribution is 5.85. The van der Waals surface area contributed by atoms with Crippen molar-refractivity contribution in [1.29, 1.82) is 0 Å². The van der Waals surface area contributed by atoms with Gasteiger partial charge in [-0.1, -0.05) is 6.07 Å². The lowest BCUT2D eigenvalue weighted by molar-refractivity contribution is 1.24. The van der Waals surface area contributed by atoms with Gasteiger partial charge in [0.2, 0.25) is 0 Å². The molecule has 0 spiro atoms. The predicted molar refractivity (Wildman–Crippen MR) is 57.1 cm³/mol. The van der Waals surface area contributed by atoms with E-state index in [-0.39, 0.29) is 12.4 Å². The SMILES string of the molecule is Cc1cc(C)c(N)c(C)c1C.Cl. The van der Waals surface area contributed by atoms with E-state index in [4.69, 9.17) is 5.73 Å². The number of nitrogens with two attached hydrogens (primary N) is 1. The lowest BCUT2D eigenvalue weighted by Gasteiger charge is -2.10. The van der Waals surface area contributed by atoms with Gasteiger partial charge in [-0.3, -0.25) is 0 Å². The van der Waals surface area contributed by atoms with Gasteiger partial charge >= 0.3 is 0 Å². The fourth-order valence-electron chi connectivity index (χ4n) is 1.30. The Morgan fingerprint density at radius 1 is 0.917 bits per heavy atom. The maximum absolute atomic E-state index is 5.85. The van der Waals surface area contributed by atoms with Crippen LogP contribution in [0.3, 0.4) is 0 Å². The van der Waals surface area contributed by atoms with Crippen LogP contribution in [-0.2, 0) is 0 Å². The zero-order valence-electron chi connectivity index (χ0n) is 8.06. The van der Waals surface area contributed by atoms with Gasteiger partial charge in [0.1, 0.15) is 0 Å². The van der Waals surface area contributed by atoms with Crippen LogP contribution in [0.2, 0.25) is 0 Å². The van der Waals surface area contributed by atoms with Crippen molar-refractivity contribution >= 4 is 18.1 Å². The van der Waals surface area contributed by atoms with Crippen LogP contribution in [0.15, 0.2) is 6.07 Å². The van der Waals surface area contributed by atoms with Crippen LogP contribution >= 0.6 is 12.4 Å². The Kier molecular flexibility index (Phi) is 3.59. The molecule has 0 atom stereocenters. The summed E-state index contributed by atoms with van der Waals surface area (Å²) in [6.45, 7) is 8.36. The summed E-state index contributed by atoms with van der Waals surface area (Å²) in [5, 5.41) is 0. The molecule has 0 heterocycles. The van der Waals surface area contributed by atoms with Gasteiger partial charge in [0, 0.05) is 5.69 Å². The molecular formula is C10H16ClN. The largest absolute Gasteiger partial charge is 0.398 e. The van der Waals surface area contributed by atoms with E-state index in [0.29, 0.717) is 0 Å². The first-order chi connectivity index (χ1) is 5.04. The molecule has 1 nitrogen and oxygen atoms in total. The van der Waals surface area contributed by atoms with Crippen LogP contribution in [0, 0.1) is 27.7 Å². The highest BCUT2D eigenvalue weighted by Gasteiger charge is 2.03. The second-order valence-electron chi connectivity index (χ2n) is 3.17. The molecule has 0 saturated carbocycles. The molecule has 68 valence electrons. The third-order valence-corrected chi connectivity index (χ3v) is 2.42. The van der Waals surface area contributed by atoms with E-state index in [0.717, 1.165) is 5.69 Å². The number of benzene rings is 1. The minimum atomic E-state index is 0. The van der Waals surface area contributed by atoms with Crippen molar-refractivity contribution in [3.8, 4) is 0 Å². The molecule has 0 bridgehead atoms. The van der Waals surface area contributed by atoms with Crippen LogP contribution < -0.4 is 5.73 Å². The minimum absolute atomic E-state index is 0. The third kappa shape index (κ3) is 1.72. The summed E-state index contributed by atoms with van der Waals surface area (Å²) in [5.41, 5.74) is 11.8. The van der Waals surface area contributed by atoms with Crippen LogP contribution in [0.1, 0.15) is 22.3 Å². The monoisotopic (exact) mass is 185 g/mol. The average Bonchev–Trinajstić information content (AvgIpc) is 1.97. The van der Waals surface area contributed by atoms with Gasteiger partial charge in [0.15, 0.2) is 0 Å². The molecule has 12 heavy (non-hydrogen) atoms. The lowest BCUT2D eigenvalue weighted by Crippen LogP contribution is -1.97. The van der Waals surface area contributed by atoms with E-state index in [1.807, 2.05) is 0 Å². The molecule has 0 radical (unpaired) electrons. The van der Waals surface area contributed by atoms with Gasteiger partial charge in [0.05, 0.1) is 0 Å². The first-order valence-electron chi connectivity index (χ1n) is 3.87. The van der Waals surface area contributed by atoms with Crippen LogP contribution in [-0.4, -0.2) is 0 Å². The molecule has 0 aromatic heterocycles. The fraction of sp³-hybridized carbons (Fsp3) is 0.400. The van der Waals surface area contributed by atoms with Gasteiger partial charge in [-0.25, -0.2) is 0 Å². The molecule has 0 saturated heterocycles. The van der Waals surface area contributed by atoms with E-state index in [1.54, 1.807) is 0 Å². The molecule has 0 aliphatic carbocycles. The quantitative estimate of drug-likeness (QED) is 0.618. The summed E-state index contributed by atoms with van der Waals surface area (Å²) in [7, 11) is 0. The van der Waals surface area contributed by atoms with Gasteiger partial charge in [0.25, 0.3) is 0 Å². The number of nitrogen functional groups attached to an aromatic ring is 1. The summed E-state index contributed by atoms with van der Waals surface area (Å²) < 4.78 is 0. The predicted octanol–water partition coefficient (Wildman–Crippen LogP) is 2.92. The summed E-state index contributed by atoms with van der Waals surface area (Å²) >= 11 is 0. The number of anilines is 1. The van der Waals surface area contributed by atoms with Crippen LogP contribution in [0.25, 0.3) is 0 Å². The van der Waals surface area contributed by atoms with E-state index in [1.165, 1.54) is 22.3 Å². The Morgan fingerprint density at radius 2 is 1.42 bits per heavy atom. The third-order valence-electron chi connectivity index (χ3n) is 2.42. The molecule has 1 rings (SSSR count). The molecule has 0 unspecified atom stereocenters. The molecule has 0 amide bonds. The van der Waals surface area contributed by atoms with Crippen LogP contribution in [0.4, 0.5) is 5.69 Å². The second-order valence-corrected chi connectivity index (χ2v) is 3.17. The molecule has 0 aliphatic heterocycles. The number of hydrogen-bond acceptors (Lipinski definition) is 1. The zero-order valence-corrected chi connectivity index (χ0v) is 8.88. The van der Waals surface area contributed by atoms with E-state index < -0.39 is 0 Å². The Labute approximate surface area is 80.4 Å². The first kappa shape index (κ1) is 11.3. The van der Waals surface area contributed by atoms with Gasteiger partial charge in [-0.15, -0.1) is 12.4 Å². The highest BCUT2D eigenvalue weighted by atomic mass is 35.5. The van der Waals surface area contributed by atoms with Crippen molar-refractivity contribution in [2.24, 2.45) is 0 Å². The standard InChI is InChI=1S/C10H15N.ClH/c1-6-5-7(2)10(11)9(4)8(6)3;/h5H,11H2,1-4H3;1H. The summed E-state index contributed by atoms with van der Waals surface area (Å²) in [4.78, 5) is 0. The Morgan fingerprint density at radius 3 is 1.92 bits per heavy atom. The van der Waals surface area contributed by atoms with Gasteiger partial charge in [-0.2, -0.15) is 0 Å². The molecule has 2 heteroatoms. The highest BCUT2D eigenvalue weighted by Crippen LogP contribution is 2.22. The van der Waals surface area contributed by atoms with Crippen molar-refractivity contribution in [1.82, 2.24) is 0 Å².